The minimum absolute atomic E-state index is 0.175. The Morgan fingerprint density at radius 1 is 1.21 bits per heavy atom. The van der Waals surface area contributed by atoms with E-state index in [1.807, 2.05) is 20.4 Å². The third kappa shape index (κ3) is 3.77. The molecule has 2 rings (SSSR count). The molecule has 0 N–H and O–H groups in total. The molecule has 0 spiro atoms. The molecule has 1 aromatic carbocycles. The summed E-state index contributed by atoms with van der Waals surface area (Å²) in [5, 5.41) is 0.237. The second kappa shape index (κ2) is 7.43. The zero-order valence-electron chi connectivity index (χ0n) is 14.8. The molecule has 1 aromatic rings. The average molecular weight is 372 g/mol. The molecule has 1 aliphatic rings. The van der Waals surface area contributed by atoms with E-state index in [0.29, 0.717) is 18.7 Å². The second-order valence-corrected chi connectivity index (χ2v) is 9.37. The fourth-order valence-corrected chi connectivity index (χ4v) is 5.44. The fraction of sp³-hybridized carbons (Fsp3) is 0.562. The van der Waals surface area contributed by atoms with Crippen molar-refractivity contribution in [2.75, 3.05) is 47.5 Å². The predicted octanol–water partition coefficient (Wildman–Crippen LogP) is 1.05. The molecular weight excluding hydrogens is 346 g/mol. The third-order valence-corrected chi connectivity index (χ3v) is 7.19. The number of sulfonamides is 1. The highest BCUT2D eigenvalue weighted by Crippen LogP contribution is 2.29. The Morgan fingerprint density at radius 3 is 2.38 bits per heavy atom. The summed E-state index contributed by atoms with van der Waals surface area (Å²) >= 11 is 1.69. The molecule has 1 heterocycles. The molecule has 1 saturated heterocycles. The normalized spacial score (nSPS) is 22.1. The molecule has 2 atom stereocenters. The number of rotatable bonds is 5. The molecule has 1 fully saturated rings. The van der Waals surface area contributed by atoms with Gasteiger partial charge < -0.3 is 9.80 Å². The van der Waals surface area contributed by atoms with Crippen molar-refractivity contribution in [1.29, 1.82) is 0 Å². The zero-order valence-corrected chi connectivity index (χ0v) is 16.4. The van der Waals surface area contributed by atoms with Crippen LogP contribution in [-0.4, -0.2) is 87.3 Å². The number of nitrogens with zero attached hydrogens (tertiary/aromatic N) is 3. The summed E-state index contributed by atoms with van der Waals surface area (Å²) in [5.74, 6) is -0.207. The zero-order chi connectivity index (χ0) is 18.1. The summed E-state index contributed by atoms with van der Waals surface area (Å²) < 4.78 is 27.5. The molecule has 1 amide bonds. The minimum atomic E-state index is -3.61. The van der Waals surface area contributed by atoms with Gasteiger partial charge in [-0.05, 0) is 38.6 Å². The van der Waals surface area contributed by atoms with Gasteiger partial charge in [-0.25, -0.2) is 8.42 Å². The minimum Gasteiger partial charge on any atom is -0.345 e. The molecular formula is C16H25N3O3S2. The molecule has 8 heteroatoms. The highest BCUT2D eigenvalue weighted by atomic mass is 32.2. The van der Waals surface area contributed by atoms with Gasteiger partial charge in [-0.3, -0.25) is 4.79 Å². The van der Waals surface area contributed by atoms with Crippen LogP contribution in [0.15, 0.2) is 29.2 Å². The summed E-state index contributed by atoms with van der Waals surface area (Å²) in [4.78, 5) is 15.8. The first-order valence-corrected chi connectivity index (χ1v) is 10.4. The molecule has 0 aromatic heterocycles. The monoisotopic (exact) mass is 371 g/mol. The van der Waals surface area contributed by atoms with Crippen molar-refractivity contribution in [3.05, 3.63) is 29.8 Å². The van der Waals surface area contributed by atoms with E-state index >= 15 is 0 Å². The van der Waals surface area contributed by atoms with E-state index in [0.717, 1.165) is 0 Å². The Labute approximate surface area is 148 Å². The van der Waals surface area contributed by atoms with Crippen molar-refractivity contribution in [3.63, 3.8) is 0 Å². The van der Waals surface area contributed by atoms with E-state index < -0.39 is 10.0 Å². The van der Waals surface area contributed by atoms with E-state index in [1.165, 1.54) is 15.3 Å². The number of benzene rings is 1. The molecule has 134 valence electrons. The first-order chi connectivity index (χ1) is 11.2. The molecule has 6 nitrogen and oxygen atoms in total. The van der Waals surface area contributed by atoms with Gasteiger partial charge in [0.1, 0.15) is 0 Å². The largest absolute Gasteiger partial charge is 0.345 e. The summed E-state index contributed by atoms with van der Waals surface area (Å²) in [6, 6.07) is 6.46. The van der Waals surface area contributed by atoms with Crippen LogP contribution in [0.3, 0.4) is 0 Å². The lowest BCUT2D eigenvalue weighted by molar-refractivity contribution is 0.0827. The van der Waals surface area contributed by atoms with Gasteiger partial charge >= 0.3 is 0 Å². The van der Waals surface area contributed by atoms with Gasteiger partial charge in [0, 0.05) is 44.0 Å². The lowest BCUT2D eigenvalue weighted by Gasteiger charge is -2.23. The highest BCUT2D eigenvalue weighted by molar-refractivity contribution is 7.99. The van der Waals surface area contributed by atoms with Gasteiger partial charge in [0.05, 0.1) is 4.90 Å². The van der Waals surface area contributed by atoms with Crippen LogP contribution in [-0.2, 0) is 10.0 Å². The van der Waals surface area contributed by atoms with E-state index in [9.17, 15) is 13.2 Å². The van der Waals surface area contributed by atoms with Crippen molar-refractivity contribution in [2.24, 2.45) is 0 Å². The third-order valence-electron chi connectivity index (χ3n) is 4.29. The SMILES string of the molecule is CS[C@@H]1CN(S(=O)(=O)c2cccc(C(=O)N(C)C)c2)C[C@@H]1N(C)C. The van der Waals surface area contributed by atoms with E-state index in [1.54, 1.807) is 44.1 Å². The number of amides is 1. The second-order valence-electron chi connectivity index (χ2n) is 6.35. The molecule has 0 saturated carbocycles. The summed E-state index contributed by atoms with van der Waals surface area (Å²) in [6.45, 7) is 0.949. The standard InChI is InChI=1S/C16H25N3O3S2/c1-17(2)14-10-19(11-15(14)23-5)24(21,22)13-8-6-7-12(9-13)16(20)18(3)4/h6-9,14-15H,10-11H2,1-5H3/t14-,15+/m0/s1. The van der Waals surface area contributed by atoms with Crippen LogP contribution < -0.4 is 0 Å². The molecule has 0 bridgehead atoms. The maximum atomic E-state index is 13.0. The summed E-state index contributed by atoms with van der Waals surface area (Å²) in [6.07, 6.45) is 2.01. The van der Waals surface area contributed by atoms with E-state index in [-0.39, 0.29) is 22.1 Å². The summed E-state index contributed by atoms with van der Waals surface area (Å²) in [7, 11) is 3.63. The lowest BCUT2D eigenvalue weighted by Crippen LogP contribution is -2.37. The van der Waals surface area contributed by atoms with Gasteiger partial charge in [-0.1, -0.05) is 6.07 Å². The van der Waals surface area contributed by atoms with Crippen LogP contribution in [0.4, 0.5) is 0 Å². The van der Waals surface area contributed by atoms with Crippen LogP contribution >= 0.6 is 11.8 Å². The molecule has 24 heavy (non-hydrogen) atoms. The topological polar surface area (TPSA) is 60.9 Å². The first-order valence-electron chi connectivity index (χ1n) is 7.69. The average Bonchev–Trinajstić information content (AvgIpc) is 2.99. The van der Waals surface area contributed by atoms with Gasteiger partial charge in [-0.15, -0.1) is 0 Å². The Morgan fingerprint density at radius 2 is 1.88 bits per heavy atom. The van der Waals surface area contributed by atoms with Crippen molar-refractivity contribution < 1.29 is 13.2 Å². The lowest BCUT2D eigenvalue weighted by atomic mass is 10.2. The predicted molar refractivity (Wildman–Crippen MR) is 98.0 cm³/mol. The Bertz CT molecular complexity index is 704. The van der Waals surface area contributed by atoms with Crippen LogP contribution in [0.2, 0.25) is 0 Å². The number of carbonyl (C=O) groups is 1. The van der Waals surface area contributed by atoms with Crippen molar-refractivity contribution in [3.8, 4) is 0 Å². The van der Waals surface area contributed by atoms with Crippen molar-refractivity contribution >= 4 is 27.7 Å². The van der Waals surface area contributed by atoms with E-state index in [4.69, 9.17) is 0 Å². The van der Waals surface area contributed by atoms with Crippen molar-refractivity contribution in [2.45, 2.75) is 16.2 Å². The number of thioether (sulfide) groups is 1. The number of carbonyl (C=O) groups excluding carboxylic acids is 1. The smallest absolute Gasteiger partial charge is 0.253 e. The van der Waals surface area contributed by atoms with Crippen LogP contribution in [0.5, 0.6) is 0 Å². The maximum Gasteiger partial charge on any atom is 0.253 e. The van der Waals surface area contributed by atoms with Crippen LogP contribution in [0, 0.1) is 0 Å². The number of hydrogen-bond donors (Lipinski definition) is 0. The molecule has 0 radical (unpaired) electrons. The maximum absolute atomic E-state index is 13.0. The first kappa shape index (κ1) is 19.2. The van der Waals surface area contributed by atoms with Gasteiger partial charge in [0.15, 0.2) is 0 Å². The highest BCUT2D eigenvalue weighted by Gasteiger charge is 2.40. The Kier molecular flexibility index (Phi) is 5.95. The Balaban J connectivity index is 2.31. The number of hydrogen-bond acceptors (Lipinski definition) is 5. The quantitative estimate of drug-likeness (QED) is 0.774. The Hall–Kier alpha value is -1.09. The fourth-order valence-electron chi connectivity index (χ4n) is 2.84. The van der Waals surface area contributed by atoms with Gasteiger partial charge in [0.25, 0.3) is 5.91 Å². The van der Waals surface area contributed by atoms with Gasteiger partial charge in [0.2, 0.25) is 10.0 Å². The molecule has 0 aliphatic carbocycles. The van der Waals surface area contributed by atoms with E-state index in [2.05, 4.69) is 4.90 Å². The summed E-state index contributed by atoms with van der Waals surface area (Å²) in [5.41, 5.74) is 0.380. The van der Waals surface area contributed by atoms with Crippen LogP contribution in [0.1, 0.15) is 10.4 Å². The van der Waals surface area contributed by atoms with Crippen LogP contribution in [0.25, 0.3) is 0 Å². The number of likely N-dealkylation sites (N-methyl/N-ethyl adjacent to an activating group) is 1. The van der Waals surface area contributed by atoms with Gasteiger partial charge in [-0.2, -0.15) is 16.1 Å². The molecule has 1 aliphatic heterocycles. The molecule has 0 unspecified atom stereocenters. The van der Waals surface area contributed by atoms with Crippen molar-refractivity contribution in [1.82, 2.24) is 14.1 Å².